The van der Waals surface area contributed by atoms with Crippen LogP contribution in [-0.4, -0.2) is 39.1 Å². The van der Waals surface area contributed by atoms with E-state index in [2.05, 4.69) is 32.5 Å². The van der Waals surface area contributed by atoms with Gasteiger partial charge in [0.2, 0.25) is 0 Å². The molecule has 10 nitrogen and oxygen atoms in total. The van der Waals surface area contributed by atoms with Gasteiger partial charge in [-0.2, -0.15) is 5.10 Å². The zero-order valence-electron chi connectivity index (χ0n) is 16.3. The van der Waals surface area contributed by atoms with Crippen LogP contribution in [0.4, 0.5) is 17.3 Å². The second-order valence-corrected chi connectivity index (χ2v) is 6.71. The minimum absolute atomic E-state index is 0. The Hall–Kier alpha value is -2.59. The number of halogens is 2. The maximum atomic E-state index is 11.5. The molecule has 0 saturated carbocycles. The van der Waals surface area contributed by atoms with Crippen LogP contribution in [0.25, 0.3) is 0 Å². The first-order chi connectivity index (χ1) is 13.0. The number of nitro benzene ring substituents is 1. The van der Waals surface area contributed by atoms with Crippen molar-refractivity contribution in [2.75, 3.05) is 29.3 Å². The van der Waals surface area contributed by atoms with Crippen molar-refractivity contribution in [3.8, 4) is 0 Å². The molecular formula is C17H26Cl2N8O2. The number of benzene rings is 1. The molecule has 0 radical (unpaired) electrons. The predicted octanol–water partition coefficient (Wildman–Crippen LogP) is 2.99. The molecule has 1 aromatic carbocycles. The number of nitrogens with zero attached hydrogens (tertiary/aromatic N) is 6. The van der Waals surface area contributed by atoms with E-state index in [0.29, 0.717) is 35.4 Å². The number of aromatic nitrogens is 3. The van der Waals surface area contributed by atoms with Gasteiger partial charge in [-0.15, -0.1) is 35.0 Å². The van der Waals surface area contributed by atoms with Crippen molar-refractivity contribution >= 4 is 48.4 Å². The van der Waals surface area contributed by atoms with Crippen LogP contribution in [0.2, 0.25) is 0 Å². The third kappa shape index (κ3) is 5.70. The lowest BCUT2D eigenvalue weighted by Gasteiger charge is -2.31. The molecule has 1 aliphatic heterocycles. The highest BCUT2D eigenvalue weighted by molar-refractivity contribution is 5.85. The highest BCUT2D eigenvalue weighted by atomic mass is 35.5. The molecule has 0 amide bonds. The van der Waals surface area contributed by atoms with Gasteiger partial charge in [0.15, 0.2) is 5.82 Å². The Labute approximate surface area is 181 Å². The van der Waals surface area contributed by atoms with E-state index in [9.17, 15) is 10.1 Å². The fourth-order valence-electron chi connectivity index (χ4n) is 3.09. The lowest BCUT2D eigenvalue weighted by Crippen LogP contribution is -2.33. The Morgan fingerprint density at radius 3 is 2.62 bits per heavy atom. The molecule has 1 saturated heterocycles. The number of nitrogen functional groups attached to an aromatic ring is 1. The van der Waals surface area contributed by atoms with Crippen LogP contribution in [0.15, 0.2) is 23.3 Å². The molecule has 1 aromatic heterocycles. The van der Waals surface area contributed by atoms with Gasteiger partial charge in [-0.1, -0.05) is 19.9 Å². The first-order valence-corrected chi connectivity index (χ1v) is 9.01. The minimum Gasteiger partial charge on any atom is -0.366 e. The average molecular weight is 445 g/mol. The molecule has 12 heteroatoms. The SMILES string of the molecule is CCc1nnc(NN=Cc2ccc(N3CCC(C)CC3)c([N+](=O)[O-])c2)n1N.Cl.Cl. The van der Waals surface area contributed by atoms with Crippen LogP contribution in [0, 0.1) is 16.0 Å². The van der Waals surface area contributed by atoms with E-state index in [1.54, 1.807) is 6.07 Å². The van der Waals surface area contributed by atoms with E-state index >= 15 is 0 Å². The quantitative estimate of drug-likeness (QED) is 0.303. The van der Waals surface area contributed by atoms with Crippen LogP contribution in [0.3, 0.4) is 0 Å². The highest BCUT2D eigenvalue weighted by Gasteiger charge is 2.23. The molecule has 29 heavy (non-hydrogen) atoms. The Morgan fingerprint density at radius 2 is 2.03 bits per heavy atom. The number of anilines is 2. The summed E-state index contributed by atoms with van der Waals surface area (Å²) < 4.78 is 1.32. The average Bonchev–Trinajstić information content (AvgIpc) is 3.02. The topological polar surface area (TPSA) is 128 Å². The highest BCUT2D eigenvalue weighted by Crippen LogP contribution is 2.32. The summed E-state index contributed by atoms with van der Waals surface area (Å²) >= 11 is 0. The standard InChI is InChI=1S/C17H24N8O2.2ClH/c1-3-16-20-22-17(24(16)18)21-19-11-13-4-5-14(15(10-13)25(26)27)23-8-6-12(2)7-9-23;;/h4-5,10-12H,3,6-9,18H2,1-2H3,(H,21,22);2*1H. The van der Waals surface area contributed by atoms with Crippen LogP contribution in [-0.2, 0) is 6.42 Å². The number of rotatable bonds is 6. The van der Waals surface area contributed by atoms with Gasteiger partial charge in [-0.25, -0.2) is 10.1 Å². The zero-order valence-corrected chi connectivity index (χ0v) is 17.9. The lowest BCUT2D eigenvalue weighted by atomic mass is 9.98. The number of hydrogen-bond acceptors (Lipinski definition) is 8. The van der Waals surface area contributed by atoms with Gasteiger partial charge in [0.05, 0.1) is 11.1 Å². The molecule has 0 spiro atoms. The second kappa shape index (κ2) is 10.8. The fourth-order valence-corrected chi connectivity index (χ4v) is 3.09. The van der Waals surface area contributed by atoms with Crippen LogP contribution < -0.4 is 16.2 Å². The van der Waals surface area contributed by atoms with E-state index < -0.39 is 0 Å². The van der Waals surface area contributed by atoms with Crippen LogP contribution >= 0.6 is 24.8 Å². The fraction of sp³-hybridized carbons (Fsp3) is 0.471. The van der Waals surface area contributed by atoms with E-state index in [1.165, 1.54) is 17.0 Å². The van der Waals surface area contributed by atoms with Gasteiger partial charge >= 0.3 is 0 Å². The normalized spacial score (nSPS) is 14.3. The smallest absolute Gasteiger partial charge is 0.293 e. The van der Waals surface area contributed by atoms with Gasteiger partial charge < -0.3 is 10.7 Å². The third-order valence-corrected chi connectivity index (χ3v) is 4.78. The van der Waals surface area contributed by atoms with E-state index in [4.69, 9.17) is 5.84 Å². The lowest BCUT2D eigenvalue weighted by molar-refractivity contribution is -0.384. The van der Waals surface area contributed by atoms with Crippen molar-refractivity contribution in [2.24, 2.45) is 11.0 Å². The Morgan fingerprint density at radius 1 is 1.34 bits per heavy atom. The van der Waals surface area contributed by atoms with Gasteiger partial charge in [0.25, 0.3) is 11.6 Å². The zero-order chi connectivity index (χ0) is 19.4. The van der Waals surface area contributed by atoms with Crippen molar-refractivity contribution in [1.82, 2.24) is 14.9 Å². The molecule has 160 valence electrons. The molecule has 3 rings (SSSR count). The molecule has 0 unspecified atom stereocenters. The molecule has 0 atom stereocenters. The number of hydrazone groups is 1. The van der Waals surface area contributed by atoms with E-state index in [1.807, 2.05) is 13.0 Å². The second-order valence-electron chi connectivity index (χ2n) is 6.71. The maximum Gasteiger partial charge on any atom is 0.293 e. The molecule has 2 heterocycles. The summed E-state index contributed by atoms with van der Waals surface area (Å²) in [5, 5.41) is 23.4. The summed E-state index contributed by atoms with van der Waals surface area (Å²) in [6.07, 6.45) is 4.24. The largest absolute Gasteiger partial charge is 0.366 e. The van der Waals surface area contributed by atoms with Gasteiger partial charge in [0, 0.05) is 31.1 Å². The number of nitro groups is 1. The molecule has 0 bridgehead atoms. The summed E-state index contributed by atoms with van der Waals surface area (Å²) in [5.41, 5.74) is 4.06. The number of aryl methyl sites for hydroxylation is 1. The summed E-state index contributed by atoms with van der Waals surface area (Å²) in [6.45, 7) is 5.81. The van der Waals surface area contributed by atoms with Crippen molar-refractivity contribution in [2.45, 2.75) is 33.1 Å². The first-order valence-electron chi connectivity index (χ1n) is 9.01. The van der Waals surface area contributed by atoms with Gasteiger partial charge in [-0.05, 0) is 24.8 Å². The van der Waals surface area contributed by atoms with E-state index in [0.717, 1.165) is 25.9 Å². The van der Waals surface area contributed by atoms with Crippen molar-refractivity contribution in [1.29, 1.82) is 0 Å². The molecular weight excluding hydrogens is 419 g/mol. The number of nitrogens with one attached hydrogen (secondary N) is 1. The summed E-state index contributed by atoms with van der Waals surface area (Å²) in [6, 6.07) is 5.13. The Balaban J connectivity index is 0.00000210. The number of hydrogen-bond donors (Lipinski definition) is 2. The number of nitrogens with two attached hydrogens (primary N) is 1. The number of piperidine rings is 1. The summed E-state index contributed by atoms with van der Waals surface area (Å²) in [5.74, 6) is 7.42. The van der Waals surface area contributed by atoms with E-state index in [-0.39, 0.29) is 35.4 Å². The third-order valence-electron chi connectivity index (χ3n) is 4.78. The van der Waals surface area contributed by atoms with Crippen LogP contribution in [0.1, 0.15) is 38.1 Å². The summed E-state index contributed by atoms with van der Waals surface area (Å²) in [4.78, 5) is 13.3. The molecule has 3 N–H and O–H groups in total. The monoisotopic (exact) mass is 444 g/mol. The molecule has 1 fully saturated rings. The van der Waals surface area contributed by atoms with Crippen molar-refractivity contribution in [3.63, 3.8) is 0 Å². The van der Waals surface area contributed by atoms with Gasteiger partial charge in [0.1, 0.15) is 5.69 Å². The minimum atomic E-state index is -0.345. The Kier molecular flexibility index (Phi) is 9.12. The molecule has 2 aromatic rings. The van der Waals surface area contributed by atoms with Gasteiger partial charge in [-0.3, -0.25) is 10.1 Å². The van der Waals surface area contributed by atoms with Crippen molar-refractivity contribution in [3.05, 3.63) is 39.7 Å². The summed E-state index contributed by atoms with van der Waals surface area (Å²) in [7, 11) is 0. The Bertz CT molecular complexity index is 850. The maximum absolute atomic E-state index is 11.5. The van der Waals surface area contributed by atoms with Crippen molar-refractivity contribution < 1.29 is 4.92 Å². The molecule has 0 aliphatic carbocycles. The molecule has 1 aliphatic rings. The first kappa shape index (κ1) is 24.4. The van der Waals surface area contributed by atoms with Crippen LogP contribution in [0.5, 0.6) is 0 Å². The predicted molar refractivity (Wildman–Crippen MR) is 119 cm³/mol.